The lowest BCUT2D eigenvalue weighted by Crippen LogP contribution is -2.06. The molecule has 0 radical (unpaired) electrons. The molecule has 1 N–H and O–H groups in total. The van der Waals surface area contributed by atoms with E-state index in [0.29, 0.717) is 22.2 Å². The molecule has 0 fully saturated rings. The van der Waals surface area contributed by atoms with Crippen LogP contribution in [0.4, 0.5) is 10.8 Å². The van der Waals surface area contributed by atoms with Gasteiger partial charge in [0.15, 0.2) is 37.7 Å². The van der Waals surface area contributed by atoms with Crippen molar-refractivity contribution in [3.05, 3.63) is 55.3 Å². The second-order valence-corrected chi connectivity index (χ2v) is 12.4. The van der Waals surface area contributed by atoms with Crippen molar-refractivity contribution in [1.29, 1.82) is 0 Å². The molecule has 188 valence electrons. The molecule has 0 aromatic carbocycles. The molecule has 5 heterocycles. The number of carbonyl (C=O) groups excluding carboxylic acids is 1. The van der Waals surface area contributed by atoms with Gasteiger partial charge in [-0.1, -0.05) is 0 Å². The molecule has 12 nitrogen and oxygen atoms in total. The van der Waals surface area contributed by atoms with Gasteiger partial charge < -0.3 is 10.1 Å². The largest absolute Gasteiger partial charge is 0.464 e. The van der Waals surface area contributed by atoms with Gasteiger partial charge in [-0.25, -0.2) is 33.1 Å². The van der Waals surface area contributed by atoms with Crippen LogP contribution in [-0.2, 0) is 14.6 Å². The molecule has 0 bridgehead atoms. The third-order valence-corrected chi connectivity index (χ3v) is 7.88. The van der Waals surface area contributed by atoms with Gasteiger partial charge in [0.1, 0.15) is 12.4 Å². The minimum Gasteiger partial charge on any atom is -0.464 e. The Labute approximate surface area is 236 Å². The molecular formula is C20H18I2N8O4S2. The first-order valence-corrected chi connectivity index (χ1v) is 14.8. The van der Waals surface area contributed by atoms with Gasteiger partial charge in [-0.3, -0.25) is 8.80 Å². The minimum absolute atomic E-state index is 0.0328. The van der Waals surface area contributed by atoms with Crippen molar-refractivity contribution in [2.45, 2.75) is 18.9 Å². The van der Waals surface area contributed by atoms with E-state index >= 15 is 0 Å². The summed E-state index contributed by atoms with van der Waals surface area (Å²) in [7, 11) is -2.01. The molecule has 36 heavy (non-hydrogen) atoms. The topological polar surface area (TPSA) is 146 Å². The summed E-state index contributed by atoms with van der Waals surface area (Å²) >= 11 is 5.47. The molecule has 0 saturated carbocycles. The molecule has 16 heteroatoms. The van der Waals surface area contributed by atoms with E-state index in [1.54, 1.807) is 36.0 Å². The molecule has 0 aliphatic heterocycles. The van der Waals surface area contributed by atoms with Gasteiger partial charge in [-0.05, 0) is 70.6 Å². The zero-order chi connectivity index (χ0) is 26.2. The highest BCUT2D eigenvalue weighted by Gasteiger charge is 2.17. The highest BCUT2D eigenvalue weighted by molar-refractivity contribution is 14.1. The number of ether oxygens (including phenoxy) is 1. The second kappa shape index (κ2) is 10.5. The van der Waals surface area contributed by atoms with E-state index in [9.17, 15) is 13.2 Å². The molecule has 5 rings (SSSR count). The lowest BCUT2D eigenvalue weighted by atomic mass is 10.4. The number of nitrogens with zero attached hydrogens (tertiary/aromatic N) is 7. The van der Waals surface area contributed by atoms with E-state index in [1.807, 2.05) is 17.5 Å². The average Bonchev–Trinajstić information content (AvgIpc) is 3.53. The molecule has 0 aliphatic rings. The minimum atomic E-state index is -3.34. The second-order valence-electron chi connectivity index (χ2n) is 7.43. The number of nitrogens with one attached hydrogen (secondary N) is 1. The van der Waals surface area contributed by atoms with Crippen LogP contribution in [0.2, 0.25) is 0 Å². The molecule has 0 atom stereocenters. The number of hydrogen-bond acceptors (Lipinski definition) is 11. The Morgan fingerprint density at radius 1 is 1.03 bits per heavy atom. The van der Waals surface area contributed by atoms with Crippen LogP contribution in [0, 0.1) is 21.2 Å². The number of hydrogen-bond donors (Lipinski definition) is 1. The van der Waals surface area contributed by atoms with Crippen molar-refractivity contribution < 1.29 is 17.9 Å². The van der Waals surface area contributed by atoms with Crippen molar-refractivity contribution in [2.75, 3.05) is 18.7 Å². The molecule has 0 saturated heterocycles. The molecule has 5 aromatic rings. The van der Waals surface area contributed by atoms with E-state index in [1.165, 1.54) is 18.6 Å². The lowest BCUT2D eigenvalue weighted by Gasteiger charge is -2.06. The normalized spacial score (nSPS) is 11.4. The van der Waals surface area contributed by atoms with Crippen molar-refractivity contribution in [2.24, 2.45) is 0 Å². The number of imidazole rings is 2. The Hall–Kier alpha value is -2.45. The van der Waals surface area contributed by atoms with Crippen LogP contribution in [0.15, 0.2) is 35.9 Å². The van der Waals surface area contributed by atoms with Crippen molar-refractivity contribution in [3.8, 4) is 0 Å². The maximum Gasteiger partial charge on any atom is 0.357 e. The number of aryl methyl sites for hydroxylation is 2. The van der Waals surface area contributed by atoms with Crippen LogP contribution in [0.1, 0.15) is 21.9 Å². The third-order valence-electron chi connectivity index (χ3n) is 4.60. The molecule has 0 aliphatic carbocycles. The van der Waals surface area contributed by atoms with Gasteiger partial charge >= 0.3 is 5.97 Å². The molecule has 0 spiro atoms. The molecule has 0 amide bonds. The quantitative estimate of drug-likeness (QED) is 0.213. The number of sulfone groups is 1. The fourth-order valence-electron chi connectivity index (χ4n) is 3.11. The number of fused-ring (bicyclic) bond motifs is 2. The number of anilines is 2. The van der Waals surface area contributed by atoms with Crippen LogP contribution in [0.25, 0.3) is 11.3 Å². The highest BCUT2D eigenvalue weighted by atomic mass is 127. The summed E-state index contributed by atoms with van der Waals surface area (Å²) in [5.74, 6) is 0.162. The number of esters is 1. The third kappa shape index (κ3) is 5.59. The Balaban J connectivity index is 0.000000179. The van der Waals surface area contributed by atoms with Crippen LogP contribution in [-0.4, -0.2) is 60.9 Å². The van der Waals surface area contributed by atoms with Crippen molar-refractivity contribution >= 4 is 94.6 Å². The first kappa shape index (κ1) is 26.6. The van der Waals surface area contributed by atoms with Gasteiger partial charge in [0, 0.05) is 24.7 Å². The monoisotopic (exact) mass is 752 g/mol. The summed E-state index contributed by atoms with van der Waals surface area (Å²) in [4.78, 5) is 28.2. The van der Waals surface area contributed by atoms with E-state index in [0.717, 1.165) is 25.0 Å². The first-order valence-electron chi connectivity index (χ1n) is 10.0. The van der Waals surface area contributed by atoms with Gasteiger partial charge in [0.25, 0.3) is 0 Å². The Kier molecular flexibility index (Phi) is 7.76. The fourth-order valence-corrected chi connectivity index (χ4v) is 5.55. The van der Waals surface area contributed by atoms with Gasteiger partial charge in [-0.15, -0.1) is 0 Å². The SMILES string of the molecule is COC(=O)c1cc(Nc2nc(C)cn3c(I)cnc23)sn1.Cc1cn2c(I)cnc2c(S(C)(=O)=O)n1. The van der Waals surface area contributed by atoms with Crippen molar-refractivity contribution in [3.63, 3.8) is 0 Å². The lowest BCUT2D eigenvalue weighted by molar-refractivity contribution is 0.0595. The molecule has 5 aromatic heterocycles. The fraction of sp³-hybridized carbons (Fsp3) is 0.200. The van der Waals surface area contributed by atoms with E-state index < -0.39 is 15.8 Å². The highest BCUT2D eigenvalue weighted by Crippen LogP contribution is 2.25. The van der Waals surface area contributed by atoms with E-state index in [2.05, 4.69) is 79.5 Å². The summed E-state index contributed by atoms with van der Waals surface area (Å²) in [6, 6.07) is 1.63. The van der Waals surface area contributed by atoms with Gasteiger partial charge in [-0.2, -0.15) is 4.37 Å². The first-order chi connectivity index (χ1) is 17.0. The Bertz CT molecular complexity index is 1710. The summed E-state index contributed by atoms with van der Waals surface area (Å²) in [5, 5.41) is 3.89. The number of carbonyl (C=O) groups is 1. The van der Waals surface area contributed by atoms with Crippen LogP contribution < -0.4 is 5.32 Å². The average molecular weight is 752 g/mol. The Morgan fingerprint density at radius 3 is 2.22 bits per heavy atom. The smallest absolute Gasteiger partial charge is 0.357 e. The van der Waals surface area contributed by atoms with Crippen LogP contribution in [0.3, 0.4) is 0 Å². The number of halogens is 2. The standard InChI is InChI=1S/C12H10IN5O2S.C8H8IN3O2S/c1-6-5-18-8(13)4-14-11(18)10(15-6)16-9-3-7(17-21-9)12(19)20-2;1-5-4-12-6(9)3-10-7(12)8(11-5)15(2,13)14/h3-5H,1-2H3,(H,15,16);3-4H,1-2H3. The maximum absolute atomic E-state index is 11.5. The number of aromatic nitrogens is 7. The molecule has 0 unspecified atom stereocenters. The van der Waals surface area contributed by atoms with Crippen molar-refractivity contribution in [1.82, 2.24) is 33.1 Å². The maximum atomic E-state index is 11.5. The van der Waals surface area contributed by atoms with Crippen LogP contribution in [0.5, 0.6) is 0 Å². The van der Waals surface area contributed by atoms with Gasteiger partial charge in [0.05, 0.1) is 30.9 Å². The molecular weight excluding hydrogens is 734 g/mol. The summed E-state index contributed by atoms with van der Waals surface area (Å²) < 4.78 is 37.2. The van der Waals surface area contributed by atoms with E-state index in [4.69, 9.17) is 0 Å². The summed E-state index contributed by atoms with van der Waals surface area (Å²) in [6.45, 7) is 3.66. The Morgan fingerprint density at radius 2 is 1.61 bits per heavy atom. The zero-order valence-electron chi connectivity index (χ0n) is 19.2. The van der Waals surface area contributed by atoms with Gasteiger partial charge in [0.2, 0.25) is 0 Å². The summed E-state index contributed by atoms with van der Waals surface area (Å²) in [6.07, 6.45) is 8.21. The zero-order valence-corrected chi connectivity index (χ0v) is 25.2. The predicted molar refractivity (Wildman–Crippen MR) is 151 cm³/mol. The number of rotatable bonds is 4. The van der Waals surface area contributed by atoms with Crippen LogP contribution >= 0.6 is 56.7 Å². The summed E-state index contributed by atoms with van der Waals surface area (Å²) in [5.41, 5.74) is 2.88. The number of methoxy groups -OCH3 is 1. The predicted octanol–water partition coefficient (Wildman–Crippen LogP) is 3.67. The van der Waals surface area contributed by atoms with E-state index in [-0.39, 0.29) is 10.7 Å².